The molecule has 0 bridgehead atoms. The van der Waals surface area contributed by atoms with Gasteiger partial charge < -0.3 is 0 Å². The summed E-state index contributed by atoms with van der Waals surface area (Å²) in [6, 6.07) is 8.25. The molecule has 0 aliphatic heterocycles. The maximum Gasteiger partial charge on any atom is 0.0568 e. The van der Waals surface area contributed by atoms with Gasteiger partial charge in [0.2, 0.25) is 0 Å². The van der Waals surface area contributed by atoms with Crippen LogP contribution in [-0.4, -0.2) is 9.78 Å². The molecular formula is C13H15BrN2. The average Bonchev–Trinajstić information content (AvgIpc) is 2.65. The Hall–Kier alpha value is -1.09. The molecule has 2 aromatic rings. The maximum atomic E-state index is 4.39. The van der Waals surface area contributed by atoms with Crippen molar-refractivity contribution in [1.82, 2.24) is 9.78 Å². The lowest BCUT2D eigenvalue weighted by atomic mass is 10.1. The van der Waals surface area contributed by atoms with E-state index in [9.17, 15) is 0 Å². The molecule has 0 aliphatic carbocycles. The van der Waals surface area contributed by atoms with Gasteiger partial charge in [-0.2, -0.15) is 5.10 Å². The highest BCUT2D eigenvalue weighted by Crippen LogP contribution is 2.24. The molecule has 1 aromatic carbocycles. The van der Waals surface area contributed by atoms with Gasteiger partial charge >= 0.3 is 0 Å². The summed E-state index contributed by atoms with van der Waals surface area (Å²) in [6.45, 7) is 6.43. The summed E-state index contributed by atoms with van der Waals surface area (Å²) >= 11 is 3.48. The van der Waals surface area contributed by atoms with Crippen LogP contribution < -0.4 is 0 Å². The van der Waals surface area contributed by atoms with E-state index in [0.717, 1.165) is 10.0 Å². The fourth-order valence-corrected chi connectivity index (χ4v) is 1.91. The Balaban J connectivity index is 2.39. The van der Waals surface area contributed by atoms with E-state index in [1.807, 2.05) is 23.0 Å². The highest BCUT2D eigenvalue weighted by atomic mass is 79.9. The lowest BCUT2D eigenvalue weighted by molar-refractivity contribution is 0.355. The van der Waals surface area contributed by atoms with Crippen LogP contribution in [0.3, 0.4) is 0 Å². The summed E-state index contributed by atoms with van der Waals surface area (Å²) in [4.78, 5) is 0. The Morgan fingerprint density at radius 3 is 2.50 bits per heavy atom. The fourth-order valence-electron chi connectivity index (χ4n) is 1.51. The zero-order valence-electron chi connectivity index (χ0n) is 9.74. The van der Waals surface area contributed by atoms with Crippen molar-refractivity contribution in [2.24, 2.45) is 0 Å². The van der Waals surface area contributed by atoms with Crippen LogP contribution in [-0.2, 0) is 5.54 Å². The van der Waals surface area contributed by atoms with Crippen molar-refractivity contribution in [1.29, 1.82) is 0 Å². The van der Waals surface area contributed by atoms with E-state index in [2.05, 4.69) is 60.1 Å². The molecule has 0 saturated heterocycles. The second-order valence-electron chi connectivity index (χ2n) is 4.85. The molecule has 2 rings (SSSR count). The van der Waals surface area contributed by atoms with Gasteiger partial charge in [0.05, 0.1) is 11.7 Å². The van der Waals surface area contributed by atoms with Crippen LogP contribution >= 0.6 is 15.9 Å². The van der Waals surface area contributed by atoms with E-state index in [-0.39, 0.29) is 5.54 Å². The summed E-state index contributed by atoms with van der Waals surface area (Å²) in [5, 5.41) is 4.39. The number of benzene rings is 1. The number of aromatic nitrogens is 2. The van der Waals surface area contributed by atoms with Crippen LogP contribution in [0.4, 0.5) is 0 Å². The summed E-state index contributed by atoms with van der Waals surface area (Å²) < 4.78 is 3.08. The van der Waals surface area contributed by atoms with Crippen molar-refractivity contribution in [3.8, 4) is 11.1 Å². The van der Waals surface area contributed by atoms with Gasteiger partial charge in [-0.1, -0.05) is 28.1 Å². The minimum absolute atomic E-state index is 0.0320. The van der Waals surface area contributed by atoms with E-state index >= 15 is 0 Å². The van der Waals surface area contributed by atoms with E-state index in [1.54, 1.807) is 0 Å². The van der Waals surface area contributed by atoms with Gasteiger partial charge in [-0.3, -0.25) is 4.68 Å². The lowest BCUT2D eigenvalue weighted by Crippen LogP contribution is -2.21. The Bertz CT molecular complexity index is 495. The molecule has 0 unspecified atom stereocenters. The van der Waals surface area contributed by atoms with Gasteiger partial charge in [0.15, 0.2) is 0 Å². The highest BCUT2D eigenvalue weighted by molar-refractivity contribution is 9.10. The first-order valence-electron chi connectivity index (χ1n) is 5.28. The minimum Gasteiger partial charge on any atom is -0.267 e. The standard InChI is InChI=1S/C13H15BrN2/c1-13(2,3)16-9-11(8-15-16)10-5-4-6-12(14)7-10/h4-9H,1-3H3. The second kappa shape index (κ2) is 4.06. The fraction of sp³-hybridized carbons (Fsp3) is 0.308. The molecule has 0 radical (unpaired) electrons. The quantitative estimate of drug-likeness (QED) is 0.769. The molecule has 0 aliphatic rings. The molecule has 0 N–H and O–H groups in total. The van der Waals surface area contributed by atoms with Gasteiger partial charge in [-0.05, 0) is 38.5 Å². The van der Waals surface area contributed by atoms with E-state index in [0.29, 0.717) is 0 Å². The molecule has 0 saturated carbocycles. The number of hydrogen-bond acceptors (Lipinski definition) is 1. The Labute approximate surface area is 104 Å². The first-order valence-corrected chi connectivity index (χ1v) is 6.07. The topological polar surface area (TPSA) is 17.8 Å². The average molecular weight is 279 g/mol. The van der Waals surface area contributed by atoms with Crippen LogP contribution in [0.5, 0.6) is 0 Å². The summed E-state index contributed by atoms with van der Waals surface area (Å²) in [7, 11) is 0. The van der Waals surface area contributed by atoms with E-state index < -0.39 is 0 Å². The van der Waals surface area contributed by atoms with Crippen LogP contribution in [0.1, 0.15) is 20.8 Å². The van der Waals surface area contributed by atoms with Crippen molar-refractivity contribution >= 4 is 15.9 Å². The van der Waals surface area contributed by atoms with Gasteiger partial charge in [0.25, 0.3) is 0 Å². The van der Waals surface area contributed by atoms with Gasteiger partial charge in [-0.25, -0.2) is 0 Å². The van der Waals surface area contributed by atoms with E-state index in [1.165, 1.54) is 5.56 Å². The molecule has 2 nitrogen and oxygen atoms in total. The van der Waals surface area contributed by atoms with Crippen molar-refractivity contribution in [3.05, 3.63) is 41.1 Å². The largest absolute Gasteiger partial charge is 0.267 e. The predicted octanol–water partition coefficient (Wildman–Crippen LogP) is 4.07. The monoisotopic (exact) mass is 278 g/mol. The zero-order valence-corrected chi connectivity index (χ0v) is 11.3. The third kappa shape index (κ3) is 2.35. The first kappa shape index (κ1) is 11.4. The number of rotatable bonds is 1. The summed E-state index contributed by atoms with van der Waals surface area (Å²) in [5.41, 5.74) is 2.37. The Morgan fingerprint density at radius 2 is 1.94 bits per heavy atom. The minimum atomic E-state index is 0.0320. The van der Waals surface area contributed by atoms with Crippen molar-refractivity contribution in [2.75, 3.05) is 0 Å². The number of nitrogens with zero attached hydrogens (tertiary/aromatic N) is 2. The van der Waals surface area contributed by atoms with Gasteiger partial charge in [0, 0.05) is 16.2 Å². The summed E-state index contributed by atoms with van der Waals surface area (Å²) in [6.07, 6.45) is 3.99. The Kier molecular flexibility index (Phi) is 2.89. The third-order valence-electron chi connectivity index (χ3n) is 2.43. The van der Waals surface area contributed by atoms with Gasteiger partial charge in [-0.15, -0.1) is 0 Å². The Morgan fingerprint density at radius 1 is 1.19 bits per heavy atom. The molecule has 0 spiro atoms. The van der Waals surface area contributed by atoms with Crippen LogP contribution in [0.25, 0.3) is 11.1 Å². The van der Waals surface area contributed by atoms with E-state index in [4.69, 9.17) is 0 Å². The third-order valence-corrected chi connectivity index (χ3v) is 2.92. The lowest BCUT2D eigenvalue weighted by Gasteiger charge is -2.18. The van der Waals surface area contributed by atoms with Crippen molar-refractivity contribution in [2.45, 2.75) is 26.3 Å². The van der Waals surface area contributed by atoms with Gasteiger partial charge in [0.1, 0.15) is 0 Å². The first-order chi connectivity index (χ1) is 7.47. The normalized spacial score (nSPS) is 11.8. The summed E-state index contributed by atoms with van der Waals surface area (Å²) in [5.74, 6) is 0. The smallest absolute Gasteiger partial charge is 0.0568 e. The molecule has 3 heteroatoms. The molecule has 1 aromatic heterocycles. The number of halogens is 1. The number of hydrogen-bond donors (Lipinski definition) is 0. The molecule has 0 atom stereocenters. The van der Waals surface area contributed by atoms with Crippen LogP contribution in [0, 0.1) is 0 Å². The van der Waals surface area contributed by atoms with Crippen LogP contribution in [0.15, 0.2) is 41.1 Å². The second-order valence-corrected chi connectivity index (χ2v) is 5.77. The van der Waals surface area contributed by atoms with Crippen LogP contribution in [0.2, 0.25) is 0 Å². The molecule has 1 heterocycles. The molecule has 0 fully saturated rings. The molecule has 0 amide bonds. The molecule has 16 heavy (non-hydrogen) atoms. The predicted molar refractivity (Wildman–Crippen MR) is 70.4 cm³/mol. The highest BCUT2D eigenvalue weighted by Gasteiger charge is 2.14. The zero-order chi connectivity index (χ0) is 11.8. The SMILES string of the molecule is CC(C)(C)n1cc(-c2cccc(Br)c2)cn1. The maximum absolute atomic E-state index is 4.39. The van der Waals surface area contributed by atoms with Crippen molar-refractivity contribution in [3.63, 3.8) is 0 Å². The van der Waals surface area contributed by atoms with Crippen molar-refractivity contribution < 1.29 is 0 Å². The molecular weight excluding hydrogens is 264 g/mol. The molecule has 84 valence electrons.